The molecule has 2 heterocycles. The van der Waals surface area contributed by atoms with Crippen molar-refractivity contribution in [3.8, 4) is 17.1 Å². The number of ether oxygens (including phenoxy) is 2. The second-order valence-electron chi connectivity index (χ2n) is 9.41. The van der Waals surface area contributed by atoms with E-state index in [-0.39, 0.29) is 36.8 Å². The number of amidine groups is 1. The Morgan fingerprint density at radius 1 is 1.10 bits per heavy atom. The van der Waals surface area contributed by atoms with E-state index in [9.17, 15) is 9.59 Å². The number of nitrogens with one attached hydrogen (secondary N) is 1. The molecule has 10 heteroatoms. The fraction of sp³-hybridized carbons (Fsp3) is 0.345. The Hall–Kier alpha value is -3.92. The number of rotatable bonds is 12. The van der Waals surface area contributed by atoms with Gasteiger partial charge in [0, 0.05) is 28.6 Å². The Labute approximate surface area is 232 Å². The fourth-order valence-corrected chi connectivity index (χ4v) is 5.08. The summed E-state index contributed by atoms with van der Waals surface area (Å²) >= 11 is 1.71. The molecule has 0 aliphatic carbocycles. The van der Waals surface area contributed by atoms with Gasteiger partial charge in [0.25, 0.3) is 0 Å². The maximum Gasteiger partial charge on any atom is 0.306 e. The zero-order valence-electron chi connectivity index (χ0n) is 22.1. The number of methoxy groups -OCH3 is 1. The lowest BCUT2D eigenvalue weighted by Gasteiger charge is -2.24. The van der Waals surface area contributed by atoms with Crippen LogP contribution in [0.5, 0.6) is 5.88 Å². The number of thioether (sulfide) groups is 1. The van der Waals surface area contributed by atoms with Crippen LogP contribution in [0.25, 0.3) is 11.3 Å². The molecule has 1 saturated heterocycles. The fourth-order valence-electron chi connectivity index (χ4n) is 4.68. The van der Waals surface area contributed by atoms with Gasteiger partial charge in [-0.1, -0.05) is 36.4 Å². The van der Waals surface area contributed by atoms with Gasteiger partial charge >= 0.3 is 5.97 Å². The van der Waals surface area contributed by atoms with E-state index >= 15 is 0 Å². The van der Waals surface area contributed by atoms with Crippen LogP contribution >= 0.6 is 11.8 Å². The van der Waals surface area contributed by atoms with Crippen LogP contribution < -0.4 is 10.5 Å². The molecule has 1 amide bonds. The van der Waals surface area contributed by atoms with Crippen LogP contribution in [0, 0.1) is 11.3 Å². The van der Waals surface area contributed by atoms with Crippen molar-refractivity contribution in [1.29, 1.82) is 5.41 Å². The van der Waals surface area contributed by atoms with Crippen LogP contribution in [0.15, 0.2) is 65.6 Å². The number of aromatic nitrogens is 2. The number of nitrogens with zero attached hydrogens (tertiary/aromatic N) is 3. The molecule has 1 aliphatic rings. The summed E-state index contributed by atoms with van der Waals surface area (Å²) in [5.74, 6) is -0.478. The standard InChI is InChI=1S/C29H33N5O4S/c1-37-27(35)17-22-16-23(34(29(22)36)15-3-4-19-5-11-24(39-2)12-6-19)18-38-26-14-13-25(32-33-26)20-7-9-21(10-8-20)28(30)31/h5-14,22-23H,3-4,15-18H2,1-2H3,(H3,30,31)/t22-,23-/m0/s1. The first kappa shape index (κ1) is 28.1. The van der Waals surface area contributed by atoms with Gasteiger partial charge in [-0.2, -0.15) is 0 Å². The minimum Gasteiger partial charge on any atom is -0.474 e. The summed E-state index contributed by atoms with van der Waals surface area (Å²) in [6.45, 7) is 0.836. The highest BCUT2D eigenvalue weighted by atomic mass is 32.2. The van der Waals surface area contributed by atoms with E-state index < -0.39 is 5.92 Å². The average molecular weight is 548 g/mol. The molecule has 1 fully saturated rings. The predicted molar refractivity (Wildman–Crippen MR) is 151 cm³/mol. The highest BCUT2D eigenvalue weighted by Crippen LogP contribution is 2.29. The molecular formula is C29H33N5O4S. The first-order valence-electron chi connectivity index (χ1n) is 12.8. The molecule has 39 heavy (non-hydrogen) atoms. The summed E-state index contributed by atoms with van der Waals surface area (Å²) in [7, 11) is 1.34. The topological polar surface area (TPSA) is 131 Å². The number of carbonyl (C=O) groups is 2. The number of carbonyl (C=O) groups excluding carboxylic acids is 2. The molecule has 2 atom stereocenters. The Balaban J connectivity index is 1.37. The first-order chi connectivity index (χ1) is 18.9. The third-order valence-corrected chi connectivity index (χ3v) is 7.59. The molecule has 0 unspecified atom stereocenters. The highest BCUT2D eigenvalue weighted by molar-refractivity contribution is 7.98. The number of aryl methyl sites for hydroxylation is 1. The van der Waals surface area contributed by atoms with Gasteiger partial charge in [-0.05, 0) is 49.3 Å². The molecule has 0 spiro atoms. The van der Waals surface area contributed by atoms with Gasteiger partial charge in [0.05, 0.1) is 31.2 Å². The molecule has 3 N–H and O–H groups in total. The monoisotopic (exact) mass is 547 g/mol. The molecule has 204 valence electrons. The van der Waals surface area contributed by atoms with E-state index in [0.717, 1.165) is 18.4 Å². The van der Waals surface area contributed by atoms with Gasteiger partial charge < -0.3 is 20.1 Å². The molecule has 4 rings (SSSR count). The summed E-state index contributed by atoms with van der Waals surface area (Å²) in [4.78, 5) is 28.1. The number of nitrogen functional groups attached to an aromatic ring is 1. The summed E-state index contributed by atoms with van der Waals surface area (Å²) in [6, 6.07) is 19.0. The van der Waals surface area contributed by atoms with E-state index in [1.165, 1.54) is 17.6 Å². The Bertz CT molecular complexity index is 1280. The van der Waals surface area contributed by atoms with Crippen LogP contribution in [-0.2, 0) is 20.7 Å². The first-order valence-corrected chi connectivity index (χ1v) is 14.0. The van der Waals surface area contributed by atoms with E-state index in [1.807, 2.05) is 23.1 Å². The molecule has 1 aliphatic heterocycles. The maximum atomic E-state index is 13.2. The van der Waals surface area contributed by atoms with E-state index in [2.05, 4.69) is 40.7 Å². The van der Waals surface area contributed by atoms with Gasteiger partial charge in [0.2, 0.25) is 11.8 Å². The van der Waals surface area contributed by atoms with Crippen molar-refractivity contribution < 1.29 is 19.1 Å². The third-order valence-electron chi connectivity index (χ3n) is 6.85. The number of hydrogen-bond acceptors (Lipinski definition) is 8. The molecule has 2 aromatic carbocycles. The van der Waals surface area contributed by atoms with Crippen molar-refractivity contribution in [2.24, 2.45) is 11.7 Å². The number of likely N-dealkylation sites (tertiary alicyclic amines) is 1. The quantitative estimate of drug-likeness (QED) is 0.151. The maximum absolute atomic E-state index is 13.2. The van der Waals surface area contributed by atoms with Gasteiger partial charge in [0.1, 0.15) is 12.4 Å². The van der Waals surface area contributed by atoms with Crippen LogP contribution in [0.1, 0.15) is 30.4 Å². The number of hydrogen-bond donors (Lipinski definition) is 2. The normalized spacial score (nSPS) is 16.8. The number of benzene rings is 2. The highest BCUT2D eigenvalue weighted by Gasteiger charge is 2.40. The van der Waals surface area contributed by atoms with Crippen LogP contribution in [0.4, 0.5) is 0 Å². The Kier molecular flexibility index (Phi) is 9.54. The average Bonchev–Trinajstić information content (AvgIpc) is 3.26. The molecule has 0 bridgehead atoms. The molecule has 0 saturated carbocycles. The minimum atomic E-state index is -0.418. The van der Waals surface area contributed by atoms with Gasteiger partial charge in [-0.25, -0.2) is 0 Å². The van der Waals surface area contributed by atoms with Crippen molar-refractivity contribution in [2.75, 3.05) is 26.5 Å². The summed E-state index contributed by atoms with van der Waals surface area (Å²) < 4.78 is 10.8. The van der Waals surface area contributed by atoms with Crippen molar-refractivity contribution in [3.63, 3.8) is 0 Å². The molecular weight excluding hydrogens is 514 g/mol. The number of nitrogens with two attached hydrogens (primary N) is 1. The van der Waals surface area contributed by atoms with Crippen molar-refractivity contribution in [3.05, 3.63) is 71.8 Å². The predicted octanol–water partition coefficient (Wildman–Crippen LogP) is 3.94. The molecule has 9 nitrogen and oxygen atoms in total. The zero-order chi connectivity index (χ0) is 27.8. The minimum absolute atomic E-state index is 0.00876. The lowest BCUT2D eigenvalue weighted by Crippen LogP contribution is -2.38. The van der Waals surface area contributed by atoms with Crippen molar-refractivity contribution >= 4 is 29.5 Å². The summed E-state index contributed by atoms with van der Waals surface area (Å²) in [5.41, 5.74) is 8.90. The van der Waals surface area contributed by atoms with Crippen molar-refractivity contribution in [1.82, 2.24) is 15.1 Å². The van der Waals surface area contributed by atoms with Crippen LogP contribution in [0.2, 0.25) is 0 Å². The second kappa shape index (κ2) is 13.2. The Morgan fingerprint density at radius 2 is 1.85 bits per heavy atom. The third kappa shape index (κ3) is 7.35. The lowest BCUT2D eigenvalue weighted by molar-refractivity contribution is -0.144. The van der Waals surface area contributed by atoms with E-state index in [1.54, 1.807) is 30.0 Å². The molecule has 1 aromatic heterocycles. The van der Waals surface area contributed by atoms with Crippen molar-refractivity contribution in [2.45, 2.75) is 36.6 Å². The van der Waals surface area contributed by atoms with Gasteiger partial charge in [-0.15, -0.1) is 22.0 Å². The van der Waals surface area contributed by atoms with Gasteiger partial charge in [0.15, 0.2) is 0 Å². The zero-order valence-corrected chi connectivity index (χ0v) is 22.9. The van der Waals surface area contributed by atoms with E-state index in [4.69, 9.17) is 20.6 Å². The number of esters is 1. The van der Waals surface area contributed by atoms with Crippen LogP contribution in [0.3, 0.4) is 0 Å². The summed E-state index contributed by atoms with van der Waals surface area (Å²) in [5, 5.41) is 16.0. The second-order valence-corrected chi connectivity index (χ2v) is 10.3. The Morgan fingerprint density at radius 3 is 2.46 bits per heavy atom. The smallest absolute Gasteiger partial charge is 0.306 e. The lowest BCUT2D eigenvalue weighted by atomic mass is 10.0. The van der Waals surface area contributed by atoms with Gasteiger partial charge in [-0.3, -0.25) is 15.0 Å². The largest absolute Gasteiger partial charge is 0.474 e. The van der Waals surface area contributed by atoms with E-state index in [0.29, 0.717) is 30.1 Å². The number of amides is 1. The SMILES string of the molecule is COC(=O)C[C@@H]1C[C@@H](COc2ccc(-c3ccc(C(=N)N)cc3)nn2)N(CCCc2ccc(SC)cc2)C1=O. The molecule has 3 aromatic rings. The molecule has 0 radical (unpaired) electrons. The summed E-state index contributed by atoms with van der Waals surface area (Å²) in [6.07, 6.45) is 4.30. The van der Waals surface area contributed by atoms with Crippen LogP contribution in [-0.4, -0.2) is 65.4 Å².